The van der Waals surface area contributed by atoms with Crippen LogP contribution >= 0.6 is 0 Å². The first-order chi connectivity index (χ1) is 7.72. The van der Waals surface area contributed by atoms with E-state index in [0.717, 1.165) is 25.8 Å². The van der Waals surface area contributed by atoms with E-state index in [2.05, 4.69) is 17.6 Å². The normalized spacial score (nSPS) is 30.3. The van der Waals surface area contributed by atoms with Crippen LogP contribution in [0.15, 0.2) is 0 Å². The molecule has 2 unspecified atom stereocenters. The standard InChI is InChI=1S/C11H19N3O2/c1-2-8-4-3-5-14(8)11(16)9-6-13-10(15)7-12-9/h8-9,12H,2-7H2,1H3,(H,13,15). The van der Waals surface area contributed by atoms with Gasteiger partial charge in [-0.3, -0.25) is 14.9 Å². The molecular formula is C11H19N3O2. The molecule has 2 amide bonds. The SMILES string of the molecule is CCC1CCCN1C(=O)C1CNC(=O)CN1. The Hall–Kier alpha value is -1.10. The summed E-state index contributed by atoms with van der Waals surface area (Å²) in [6.45, 7) is 3.65. The Morgan fingerprint density at radius 3 is 3.00 bits per heavy atom. The molecule has 2 rings (SSSR count). The quantitative estimate of drug-likeness (QED) is 0.664. The topological polar surface area (TPSA) is 61.4 Å². The summed E-state index contributed by atoms with van der Waals surface area (Å²) in [4.78, 5) is 25.1. The number of carbonyl (C=O) groups excluding carboxylic acids is 2. The molecule has 5 heteroatoms. The summed E-state index contributed by atoms with van der Waals surface area (Å²) in [6, 6.07) is 0.164. The Labute approximate surface area is 95.6 Å². The molecule has 0 aromatic rings. The van der Waals surface area contributed by atoms with Gasteiger partial charge in [0.1, 0.15) is 6.04 Å². The fourth-order valence-electron chi connectivity index (χ4n) is 2.49. The lowest BCUT2D eigenvalue weighted by atomic mass is 10.1. The third kappa shape index (κ3) is 2.19. The predicted octanol–water partition coefficient (Wildman–Crippen LogP) is -0.525. The molecule has 0 radical (unpaired) electrons. The third-order valence-electron chi connectivity index (χ3n) is 3.44. The zero-order valence-corrected chi connectivity index (χ0v) is 9.66. The lowest BCUT2D eigenvalue weighted by Crippen LogP contribution is -2.59. The maximum absolute atomic E-state index is 12.2. The van der Waals surface area contributed by atoms with Gasteiger partial charge in [-0.1, -0.05) is 6.92 Å². The van der Waals surface area contributed by atoms with E-state index in [4.69, 9.17) is 0 Å². The molecule has 0 bridgehead atoms. The van der Waals surface area contributed by atoms with E-state index in [1.54, 1.807) is 0 Å². The second kappa shape index (κ2) is 4.82. The van der Waals surface area contributed by atoms with Crippen LogP contribution in [0.25, 0.3) is 0 Å². The van der Waals surface area contributed by atoms with Crippen molar-refractivity contribution in [2.45, 2.75) is 38.3 Å². The average molecular weight is 225 g/mol. The summed E-state index contributed by atoms with van der Waals surface area (Å²) in [5.41, 5.74) is 0. The van der Waals surface area contributed by atoms with Crippen LogP contribution in [0, 0.1) is 0 Å². The van der Waals surface area contributed by atoms with Gasteiger partial charge in [0.25, 0.3) is 0 Å². The van der Waals surface area contributed by atoms with Gasteiger partial charge in [0.15, 0.2) is 0 Å². The van der Waals surface area contributed by atoms with E-state index in [9.17, 15) is 9.59 Å². The van der Waals surface area contributed by atoms with Crippen molar-refractivity contribution in [3.05, 3.63) is 0 Å². The molecule has 0 saturated carbocycles. The largest absolute Gasteiger partial charge is 0.353 e. The van der Waals surface area contributed by atoms with Gasteiger partial charge in [0.05, 0.1) is 6.54 Å². The number of nitrogens with one attached hydrogen (secondary N) is 2. The maximum atomic E-state index is 12.2. The first-order valence-electron chi connectivity index (χ1n) is 6.03. The molecule has 16 heavy (non-hydrogen) atoms. The minimum Gasteiger partial charge on any atom is -0.353 e. The molecule has 2 aliphatic heterocycles. The van der Waals surface area contributed by atoms with E-state index >= 15 is 0 Å². The second-order valence-electron chi connectivity index (χ2n) is 4.47. The zero-order valence-electron chi connectivity index (χ0n) is 9.66. The Balaban J connectivity index is 1.94. The lowest BCUT2D eigenvalue weighted by molar-refractivity contribution is -0.135. The molecule has 0 spiro atoms. The van der Waals surface area contributed by atoms with Crippen LogP contribution < -0.4 is 10.6 Å². The van der Waals surface area contributed by atoms with Crippen molar-refractivity contribution in [2.75, 3.05) is 19.6 Å². The Bertz CT molecular complexity index is 283. The van der Waals surface area contributed by atoms with Crippen LogP contribution in [0.3, 0.4) is 0 Å². The van der Waals surface area contributed by atoms with E-state index in [1.807, 2.05) is 4.90 Å². The molecular weight excluding hydrogens is 206 g/mol. The van der Waals surface area contributed by atoms with Crippen LogP contribution in [0.4, 0.5) is 0 Å². The number of hydrogen-bond donors (Lipinski definition) is 2. The number of amides is 2. The number of nitrogens with zero attached hydrogens (tertiary/aromatic N) is 1. The smallest absolute Gasteiger partial charge is 0.241 e. The van der Waals surface area contributed by atoms with Gasteiger partial charge in [-0.15, -0.1) is 0 Å². The summed E-state index contributed by atoms with van der Waals surface area (Å²) in [5, 5.41) is 5.71. The van der Waals surface area contributed by atoms with Crippen LogP contribution in [-0.4, -0.2) is 48.4 Å². The molecule has 0 aliphatic carbocycles. The van der Waals surface area contributed by atoms with Gasteiger partial charge >= 0.3 is 0 Å². The molecule has 2 atom stereocenters. The zero-order chi connectivity index (χ0) is 11.5. The van der Waals surface area contributed by atoms with E-state index in [-0.39, 0.29) is 24.4 Å². The van der Waals surface area contributed by atoms with E-state index in [1.165, 1.54) is 0 Å². The van der Waals surface area contributed by atoms with Crippen molar-refractivity contribution < 1.29 is 9.59 Å². The molecule has 90 valence electrons. The van der Waals surface area contributed by atoms with Crippen molar-refractivity contribution in [2.24, 2.45) is 0 Å². The van der Waals surface area contributed by atoms with Crippen LogP contribution in [-0.2, 0) is 9.59 Å². The molecule has 2 saturated heterocycles. The molecule has 2 N–H and O–H groups in total. The van der Waals surface area contributed by atoms with Gasteiger partial charge in [-0.2, -0.15) is 0 Å². The van der Waals surface area contributed by atoms with Gasteiger partial charge < -0.3 is 10.2 Å². The number of piperazine rings is 1. The molecule has 0 aromatic heterocycles. The summed E-state index contributed by atoms with van der Waals surface area (Å²) >= 11 is 0. The molecule has 0 aromatic carbocycles. The maximum Gasteiger partial charge on any atom is 0.241 e. The highest BCUT2D eigenvalue weighted by Gasteiger charge is 2.33. The Morgan fingerprint density at radius 1 is 1.56 bits per heavy atom. The van der Waals surface area contributed by atoms with Crippen molar-refractivity contribution in [1.82, 2.24) is 15.5 Å². The fraction of sp³-hybridized carbons (Fsp3) is 0.818. The number of carbonyl (C=O) groups is 2. The molecule has 5 nitrogen and oxygen atoms in total. The average Bonchev–Trinajstić information content (AvgIpc) is 2.77. The summed E-state index contributed by atoms with van der Waals surface area (Å²) in [5.74, 6) is 0.113. The summed E-state index contributed by atoms with van der Waals surface area (Å²) in [6.07, 6.45) is 3.23. The molecule has 2 aliphatic rings. The summed E-state index contributed by atoms with van der Waals surface area (Å²) in [7, 11) is 0. The lowest BCUT2D eigenvalue weighted by Gasteiger charge is -2.30. The van der Waals surface area contributed by atoms with Crippen molar-refractivity contribution in [3.8, 4) is 0 Å². The van der Waals surface area contributed by atoms with Crippen LogP contribution in [0.1, 0.15) is 26.2 Å². The Morgan fingerprint density at radius 2 is 2.38 bits per heavy atom. The third-order valence-corrected chi connectivity index (χ3v) is 3.44. The van der Waals surface area contributed by atoms with Crippen molar-refractivity contribution in [1.29, 1.82) is 0 Å². The van der Waals surface area contributed by atoms with E-state index < -0.39 is 0 Å². The van der Waals surface area contributed by atoms with Gasteiger partial charge in [-0.25, -0.2) is 0 Å². The van der Waals surface area contributed by atoms with Gasteiger partial charge in [0, 0.05) is 19.1 Å². The minimum atomic E-state index is -0.232. The van der Waals surface area contributed by atoms with Crippen molar-refractivity contribution >= 4 is 11.8 Å². The Kier molecular flexibility index (Phi) is 3.43. The van der Waals surface area contributed by atoms with Crippen molar-refractivity contribution in [3.63, 3.8) is 0 Å². The number of hydrogen-bond acceptors (Lipinski definition) is 3. The highest BCUT2D eigenvalue weighted by atomic mass is 16.2. The number of rotatable bonds is 2. The van der Waals surface area contributed by atoms with Gasteiger partial charge in [0.2, 0.25) is 11.8 Å². The first-order valence-corrected chi connectivity index (χ1v) is 6.03. The highest BCUT2D eigenvalue weighted by molar-refractivity contribution is 5.87. The van der Waals surface area contributed by atoms with Gasteiger partial charge in [-0.05, 0) is 19.3 Å². The fourth-order valence-corrected chi connectivity index (χ4v) is 2.49. The summed E-state index contributed by atoms with van der Waals surface area (Å²) < 4.78 is 0. The predicted molar refractivity (Wildman–Crippen MR) is 59.8 cm³/mol. The van der Waals surface area contributed by atoms with Crippen LogP contribution in [0.5, 0.6) is 0 Å². The minimum absolute atomic E-state index is 0.0301. The monoisotopic (exact) mass is 225 g/mol. The van der Waals surface area contributed by atoms with Crippen LogP contribution in [0.2, 0.25) is 0 Å². The molecule has 2 fully saturated rings. The number of likely N-dealkylation sites (tertiary alicyclic amines) is 1. The van der Waals surface area contributed by atoms with E-state index in [0.29, 0.717) is 12.6 Å². The molecule has 2 heterocycles. The first kappa shape index (κ1) is 11.4. The second-order valence-corrected chi connectivity index (χ2v) is 4.47. The highest BCUT2D eigenvalue weighted by Crippen LogP contribution is 2.20.